The van der Waals surface area contributed by atoms with Crippen molar-refractivity contribution < 1.29 is 23.7 Å². The SMILES string of the molecule is COC(=O)N1C[C@H](C)[C@H](c2ccc(OC)c(OC3CCOC3)c2)C1. The van der Waals surface area contributed by atoms with Crippen molar-refractivity contribution in [1.29, 1.82) is 0 Å². The standard InChI is InChI=1S/C18H25NO5/c1-12-9-19(18(20)22-3)10-15(12)13-4-5-16(21-2)17(8-13)24-14-6-7-23-11-14/h4-5,8,12,14-15H,6-7,9-11H2,1-3H3/t12-,14?,15+/m0/s1. The molecule has 2 aliphatic heterocycles. The average Bonchev–Trinajstić information content (AvgIpc) is 3.23. The van der Waals surface area contributed by atoms with Crippen LogP contribution in [0.2, 0.25) is 0 Å². The van der Waals surface area contributed by atoms with Crippen molar-refractivity contribution in [1.82, 2.24) is 4.90 Å². The Morgan fingerprint density at radius 1 is 1.25 bits per heavy atom. The molecule has 2 aliphatic rings. The Labute approximate surface area is 142 Å². The van der Waals surface area contributed by atoms with Crippen LogP contribution in [0.25, 0.3) is 0 Å². The Bertz CT molecular complexity index is 585. The predicted octanol–water partition coefficient (Wildman–Crippen LogP) is 2.66. The van der Waals surface area contributed by atoms with Crippen molar-refractivity contribution in [3.05, 3.63) is 23.8 Å². The largest absolute Gasteiger partial charge is 0.493 e. The number of likely N-dealkylation sites (tertiary alicyclic amines) is 1. The number of carbonyl (C=O) groups is 1. The number of methoxy groups -OCH3 is 2. The Morgan fingerprint density at radius 2 is 2.08 bits per heavy atom. The molecule has 6 heteroatoms. The van der Waals surface area contributed by atoms with E-state index in [9.17, 15) is 4.79 Å². The van der Waals surface area contributed by atoms with E-state index >= 15 is 0 Å². The molecule has 0 bridgehead atoms. The van der Waals surface area contributed by atoms with E-state index in [1.54, 1.807) is 12.0 Å². The van der Waals surface area contributed by atoms with Crippen molar-refractivity contribution in [2.75, 3.05) is 40.5 Å². The van der Waals surface area contributed by atoms with E-state index in [0.717, 1.165) is 30.1 Å². The summed E-state index contributed by atoms with van der Waals surface area (Å²) in [7, 11) is 3.06. The lowest BCUT2D eigenvalue weighted by Gasteiger charge is -2.19. The van der Waals surface area contributed by atoms with Crippen molar-refractivity contribution in [3.63, 3.8) is 0 Å². The first-order valence-electron chi connectivity index (χ1n) is 8.37. The third kappa shape index (κ3) is 3.43. The number of hydrogen-bond acceptors (Lipinski definition) is 5. The maximum Gasteiger partial charge on any atom is 0.409 e. The van der Waals surface area contributed by atoms with Gasteiger partial charge in [-0.05, 0) is 23.6 Å². The molecular formula is C18H25NO5. The van der Waals surface area contributed by atoms with Crippen LogP contribution in [0.15, 0.2) is 18.2 Å². The number of rotatable bonds is 4. The molecule has 2 saturated heterocycles. The molecule has 1 aromatic carbocycles. The first-order chi connectivity index (χ1) is 11.6. The summed E-state index contributed by atoms with van der Waals surface area (Å²) in [5.41, 5.74) is 1.16. The van der Waals surface area contributed by atoms with Gasteiger partial charge in [0.15, 0.2) is 11.5 Å². The molecule has 132 valence electrons. The van der Waals surface area contributed by atoms with E-state index in [0.29, 0.717) is 25.6 Å². The van der Waals surface area contributed by atoms with Gasteiger partial charge in [0.05, 0.1) is 27.4 Å². The second-order valence-electron chi connectivity index (χ2n) is 6.47. The van der Waals surface area contributed by atoms with E-state index in [-0.39, 0.29) is 18.1 Å². The van der Waals surface area contributed by atoms with Gasteiger partial charge in [0.2, 0.25) is 0 Å². The quantitative estimate of drug-likeness (QED) is 0.847. The average molecular weight is 335 g/mol. The van der Waals surface area contributed by atoms with Crippen LogP contribution in [0.4, 0.5) is 4.79 Å². The second kappa shape index (κ2) is 7.30. The molecule has 0 aliphatic carbocycles. The number of benzene rings is 1. The zero-order valence-electron chi connectivity index (χ0n) is 14.5. The molecule has 2 heterocycles. The minimum atomic E-state index is -0.266. The molecule has 24 heavy (non-hydrogen) atoms. The Hall–Kier alpha value is -1.95. The number of carbonyl (C=O) groups excluding carboxylic acids is 1. The van der Waals surface area contributed by atoms with Crippen LogP contribution in [-0.4, -0.2) is 57.6 Å². The van der Waals surface area contributed by atoms with E-state index < -0.39 is 0 Å². The summed E-state index contributed by atoms with van der Waals surface area (Å²) in [5, 5.41) is 0. The second-order valence-corrected chi connectivity index (χ2v) is 6.47. The number of nitrogens with zero attached hydrogens (tertiary/aromatic N) is 1. The molecule has 2 fully saturated rings. The number of hydrogen-bond donors (Lipinski definition) is 0. The van der Waals surface area contributed by atoms with Crippen LogP contribution in [0.1, 0.15) is 24.8 Å². The molecule has 1 amide bonds. The molecule has 3 atom stereocenters. The fraction of sp³-hybridized carbons (Fsp3) is 0.611. The molecule has 0 aromatic heterocycles. The summed E-state index contributed by atoms with van der Waals surface area (Å²) in [6, 6.07) is 6.03. The van der Waals surface area contributed by atoms with Crippen molar-refractivity contribution >= 4 is 6.09 Å². The van der Waals surface area contributed by atoms with Crippen LogP contribution in [0, 0.1) is 5.92 Å². The zero-order chi connectivity index (χ0) is 17.1. The summed E-state index contributed by atoms with van der Waals surface area (Å²) >= 11 is 0. The monoisotopic (exact) mass is 335 g/mol. The molecule has 3 rings (SSSR count). The third-order valence-electron chi connectivity index (χ3n) is 4.84. The smallest absolute Gasteiger partial charge is 0.409 e. The molecule has 0 saturated carbocycles. The highest BCUT2D eigenvalue weighted by molar-refractivity contribution is 5.68. The van der Waals surface area contributed by atoms with Crippen LogP contribution in [0.3, 0.4) is 0 Å². The highest BCUT2D eigenvalue weighted by Gasteiger charge is 2.34. The van der Waals surface area contributed by atoms with Crippen molar-refractivity contribution in [2.45, 2.75) is 25.4 Å². The van der Waals surface area contributed by atoms with Gasteiger partial charge in [-0.25, -0.2) is 4.79 Å². The lowest BCUT2D eigenvalue weighted by Crippen LogP contribution is -2.28. The highest BCUT2D eigenvalue weighted by Crippen LogP contribution is 2.38. The third-order valence-corrected chi connectivity index (χ3v) is 4.84. The van der Waals surface area contributed by atoms with Crippen molar-refractivity contribution in [2.24, 2.45) is 5.92 Å². The van der Waals surface area contributed by atoms with Gasteiger partial charge in [-0.3, -0.25) is 0 Å². The summed E-state index contributed by atoms with van der Waals surface area (Å²) in [4.78, 5) is 13.5. The van der Waals surface area contributed by atoms with E-state index in [1.165, 1.54) is 7.11 Å². The first kappa shape index (κ1) is 16.9. The highest BCUT2D eigenvalue weighted by atomic mass is 16.6. The van der Waals surface area contributed by atoms with E-state index in [2.05, 4.69) is 13.0 Å². The molecule has 1 aromatic rings. The fourth-order valence-electron chi connectivity index (χ4n) is 3.48. The maximum absolute atomic E-state index is 11.8. The summed E-state index contributed by atoms with van der Waals surface area (Å²) < 4.78 is 21.7. The zero-order valence-corrected chi connectivity index (χ0v) is 14.5. The van der Waals surface area contributed by atoms with Crippen LogP contribution in [-0.2, 0) is 9.47 Å². The summed E-state index contributed by atoms with van der Waals surface area (Å²) in [5.74, 6) is 2.09. The Balaban J connectivity index is 1.79. The predicted molar refractivity (Wildman–Crippen MR) is 88.7 cm³/mol. The maximum atomic E-state index is 11.8. The van der Waals surface area contributed by atoms with Gasteiger partial charge < -0.3 is 23.8 Å². The molecule has 0 spiro atoms. The minimum absolute atomic E-state index is 0.0710. The van der Waals surface area contributed by atoms with Gasteiger partial charge in [-0.1, -0.05) is 13.0 Å². The Kier molecular flexibility index (Phi) is 5.14. The van der Waals surface area contributed by atoms with Gasteiger partial charge in [0.25, 0.3) is 0 Å². The number of amides is 1. The van der Waals surface area contributed by atoms with Crippen LogP contribution < -0.4 is 9.47 Å². The van der Waals surface area contributed by atoms with Crippen LogP contribution >= 0.6 is 0 Å². The summed E-state index contributed by atoms with van der Waals surface area (Å²) in [6.07, 6.45) is 0.697. The topological polar surface area (TPSA) is 57.2 Å². The summed E-state index contributed by atoms with van der Waals surface area (Å²) in [6.45, 7) is 4.87. The lowest BCUT2D eigenvalue weighted by atomic mass is 9.90. The van der Waals surface area contributed by atoms with Crippen molar-refractivity contribution in [3.8, 4) is 11.5 Å². The Morgan fingerprint density at radius 3 is 2.75 bits per heavy atom. The molecule has 6 nitrogen and oxygen atoms in total. The minimum Gasteiger partial charge on any atom is -0.493 e. The molecular weight excluding hydrogens is 310 g/mol. The van der Waals surface area contributed by atoms with Gasteiger partial charge in [0, 0.05) is 25.4 Å². The first-order valence-corrected chi connectivity index (χ1v) is 8.37. The van der Waals surface area contributed by atoms with Gasteiger partial charge in [0.1, 0.15) is 6.10 Å². The van der Waals surface area contributed by atoms with Gasteiger partial charge in [-0.15, -0.1) is 0 Å². The molecule has 0 N–H and O–H groups in total. The normalized spacial score (nSPS) is 26.5. The van der Waals surface area contributed by atoms with Gasteiger partial charge in [-0.2, -0.15) is 0 Å². The lowest BCUT2D eigenvalue weighted by molar-refractivity contribution is 0.131. The number of ether oxygens (including phenoxy) is 4. The molecule has 1 unspecified atom stereocenters. The molecule has 0 radical (unpaired) electrons. The van der Waals surface area contributed by atoms with Gasteiger partial charge >= 0.3 is 6.09 Å². The van der Waals surface area contributed by atoms with E-state index in [1.807, 2.05) is 12.1 Å². The van der Waals surface area contributed by atoms with E-state index in [4.69, 9.17) is 18.9 Å². The van der Waals surface area contributed by atoms with Crippen LogP contribution in [0.5, 0.6) is 11.5 Å². The fourth-order valence-corrected chi connectivity index (χ4v) is 3.48.